The van der Waals surface area contributed by atoms with Gasteiger partial charge in [-0.3, -0.25) is 0 Å². The Labute approximate surface area is 354 Å². The first kappa shape index (κ1) is 55.3. The monoisotopic (exact) mass is 789 g/mol. The molecule has 0 N–H and O–H groups in total. The van der Waals surface area contributed by atoms with Crippen LogP contribution in [0.25, 0.3) is 0 Å². The standard InChI is InChI=1S/C52H104N2O2/c1-7-11-13-15-17-19-21-23-25-27-29-31-33-35-37-39-41-53(49-51(5)9-3)43-45-55-47-48-56-46-44-54(50-52(6)10-4)42-40-38-36-34-32-30-28-26-24-22-20-18-16-14-12-8-2/h23-26,51-52H,7-22,27-50H2,1-6H3/b25-23+,26-24+. The Morgan fingerprint density at radius 1 is 0.339 bits per heavy atom. The van der Waals surface area contributed by atoms with Gasteiger partial charge in [-0.15, -0.1) is 0 Å². The molecule has 0 aliphatic carbocycles. The minimum Gasteiger partial charge on any atom is -0.378 e. The highest BCUT2D eigenvalue weighted by Crippen LogP contribution is 2.14. The van der Waals surface area contributed by atoms with Gasteiger partial charge >= 0.3 is 0 Å². The van der Waals surface area contributed by atoms with Gasteiger partial charge in [0.2, 0.25) is 0 Å². The quantitative estimate of drug-likeness (QED) is 0.0453. The highest BCUT2D eigenvalue weighted by atomic mass is 16.5. The average Bonchev–Trinajstić information content (AvgIpc) is 3.20. The third-order valence-electron chi connectivity index (χ3n) is 12.0. The number of allylic oxidation sites excluding steroid dienone is 4. The molecule has 0 rings (SSSR count). The van der Waals surface area contributed by atoms with Crippen LogP contribution >= 0.6 is 0 Å². The van der Waals surface area contributed by atoms with Crippen LogP contribution in [0.2, 0.25) is 0 Å². The summed E-state index contributed by atoms with van der Waals surface area (Å²) in [4.78, 5) is 5.32. The van der Waals surface area contributed by atoms with E-state index in [0.29, 0.717) is 13.2 Å². The molecule has 0 aliphatic rings. The SMILES string of the molecule is CCCCCCCC/C=C/CCCCCCCCN(CCOCCOCCN(CCCCCCCC/C=C/CCCCCCCC)CC(C)CC)CC(C)CC. The number of ether oxygens (including phenoxy) is 2. The summed E-state index contributed by atoms with van der Waals surface area (Å²) in [5, 5.41) is 0. The van der Waals surface area contributed by atoms with Crippen molar-refractivity contribution in [2.45, 2.75) is 234 Å². The van der Waals surface area contributed by atoms with Crippen molar-refractivity contribution < 1.29 is 9.47 Å². The van der Waals surface area contributed by atoms with Gasteiger partial charge in [0, 0.05) is 26.2 Å². The van der Waals surface area contributed by atoms with Crippen molar-refractivity contribution in [2.24, 2.45) is 11.8 Å². The van der Waals surface area contributed by atoms with E-state index in [1.54, 1.807) is 0 Å². The van der Waals surface area contributed by atoms with Crippen LogP contribution in [-0.2, 0) is 9.47 Å². The smallest absolute Gasteiger partial charge is 0.0701 e. The number of hydrogen-bond donors (Lipinski definition) is 0. The minimum absolute atomic E-state index is 0.714. The van der Waals surface area contributed by atoms with Crippen molar-refractivity contribution >= 4 is 0 Å². The third-order valence-corrected chi connectivity index (χ3v) is 12.0. The lowest BCUT2D eigenvalue weighted by molar-refractivity contribution is 0.0285. The Bertz CT molecular complexity index is 721. The van der Waals surface area contributed by atoms with Gasteiger partial charge in [0.25, 0.3) is 0 Å². The van der Waals surface area contributed by atoms with Gasteiger partial charge in [0.15, 0.2) is 0 Å². The van der Waals surface area contributed by atoms with E-state index in [-0.39, 0.29) is 0 Å². The maximum atomic E-state index is 6.08. The molecule has 4 nitrogen and oxygen atoms in total. The molecule has 2 atom stereocenters. The van der Waals surface area contributed by atoms with Crippen molar-refractivity contribution in [3.05, 3.63) is 24.3 Å². The first-order valence-electron chi connectivity index (χ1n) is 25.5. The molecule has 0 amide bonds. The zero-order chi connectivity index (χ0) is 40.8. The first-order valence-corrected chi connectivity index (χ1v) is 25.5. The van der Waals surface area contributed by atoms with Gasteiger partial charge in [-0.2, -0.15) is 0 Å². The maximum absolute atomic E-state index is 6.08. The summed E-state index contributed by atoms with van der Waals surface area (Å²) in [6.45, 7) is 24.0. The molecule has 0 aromatic rings. The predicted octanol–water partition coefficient (Wildman–Crippen LogP) is 15.8. The van der Waals surface area contributed by atoms with Crippen LogP contribution in [0.5, 0.6) is 0 Å². The largest absolute Gasteiger partial charge is 0.378 e. The fourth-order valence-corrected chi connectivity index (χ4v) is 7.60. The fraction of sp³-hybridized carbons (Fsp3) is 0.923. The van der Waals surface area contributed by atoms with E-state index in [1.807, 2.05) is 0 Å². The summed E-state index contributed by atoms with van der Waals surface area (Å²) >= 11 is 0. The normalized spacial score (nSPS) is 13.4. The van der Waals surface area contributed by atoms with E-state index < -0.39 is 0 Å². The van der Waals surface area contributed by atoms with Crippen LogP contribution in [0.15, 0.2) is 24.3 Å². The summed E-state index contributed by atoms with van der Waals surface area (Å²) in [6, 6.07) is 0. The van der Waals surface area contributed by atoms with Crippen molar-refractivity contribution in [3.63, 3.8) is 0 Å². The van der Waals surface area contributed by atoms with E-state index in [4.69, 9.17) is 9.47 Å². The zero-order valence-corrected chi connectivity index (χ0v) is 39.5. The molecule has 0 aromatic heterocycles. The highest BCUT2D eigenvalue weighted by molar-refractivity contribution is 4.82. The molecule has 0 saturated heterocycles. The molecular weight excluding hydrogens is 685 g/mol. The third kappa shape index (κ3) is 42.9. The van der Waals surface area contributed by atoms with Crippen LogP contribution in [-0.4, -0.2) is 75.5 Å². The molecule has 334 valence electrons. The van der Waals surface area contributed by atoms with Crippen molar-refractivity contribution in [2.75, 3.05) is 65.7 Å². The molecule has 0 fully saturated rings. The average molecular weight is 789 g/mol. The molecule has 0 aliphatic heterocycles. The second-order valence-electron chi connectivity index (χ2n) is 17.7. The van der Waals surface area contributed by atoms with Gasteiger partial charge in [0.05, 0.1) is 26.4 Å². The molecule has 56 heavy (non-hydrogen) atoms. The van der Waals surface area contributed by atoms with E-state index in [0.717, 1.165) is 38.1 Å². The van der Waals surface area contributed by atoms with Crippen LogP contribution in [0, 0.1) is 11.8 Å². The summed E-state index contributed by atoms with van der Waals surface area (Å²) in [5.41, 5.74) is 0. The number of rotatable bonds is 47. The summed E-state index contributed by atoms with van der Waals surface area (Å²) in [5.74, 6) is 1.50. The van der Waals surface area contributed by atoms with Gasteiger partial charge in [-0.25, -0.2) is 0 Å². The molecule has 2 unspecified atom stereocenters. The molecular formula is C52H104N2O2. The van der Waals surface area contributed by atoms with Gasteiger partial charge in [-0.1, -0.05) is 194 Å². The highest BCUT2D eigenvalue weighted by Gasteiger charge is 2.11. The maximum Gasteiger partial charge on any atom is 0.0701 e. The minimum atomic E-state index is 0.714. The summed E-state index contributed by atoms with van der Waals surface area (Å²) in [6.07, 6.45) is 50.7. The molecule has 4 heteroatoms. The predicted molar refractivity (Wildman–Crippen MR) is 252 cm³/mol. The van der Waals surface area contributed by atoms with E-state index in [2.05, 4.69) is 75.6 Å². The fourth-order valence-electron chi connectivity index (χ4n) is 7.60. The summed E-state index contributed by atoms with van der Waals surface area (Å²) in [7, 11) is 0. The van der Waals surface area contributed by atoms with E-state index >= 15 is 0 Å². The Kier molecular flexibility index (Phi) is 46.4. The Balaban J connectivity index is 3.95. The second-order valence-corrected chi connectivity index (χ2v) is 17.7. The Morgan fingerprint density at radius 3 is 0.929 bits per heavy atom. The topological polar surface area (TPSA) is 24.9 Å². The number of hydrogen-bond acceptors (Lipinski definition) is 4. The lowest BCUT2D eigenvalue weighted by Crippen LogP contribution is -2.33. The lowest BCUT2D eigenvalue weighted by Gasteiger charge is -2.25. The lowest BCUT2D eigenvalue weighted by atomic mass is 10.1. The van der Waals surface area contributed by atoms with Gasteiger partial charge < -0.3 is 19.3 Å². The first-order chi connectivity index (χ1) is 27.6. The van der Waals surface area contributed by atoms with Crippen molar-refractivity contribution in [1.29, 1.82) is 0 Å². The van der Waals surface area contributed by atoms with Crippen LogP contribution in [0.3, 0.4) is 0 Å². The van der Waals surface area contributed by atoms with Crippen LogP contribution < -0.4 is 0 Å². The van der Waals surface area contributed by atoms with E-state index in [1.165, 1.54) is 219 Å². The molecule has 0 saturated carbocycles. The molecule has 0 bridgehead atoms. The molecule has 0 spiro atoms. The second kappa shape index (κ2) is 47.0. The van der Waals surface area contributed by atoms with Crippen LogP contribution in [0.4, 0.5) is 0 Å². The Morgan fingerprint density at radius 2 is 0.625 bits per heavy atom. The van der Waals surface area contributed by atoms with E-state index in [9.17, 15) is 0 Å². The van der Waals surface area contributed by atoms with Gasteiger partial charge in [-0.05, 0) is 89.1 Å². The molecule has 0 aromatic carbocycles. The van der Waals surface area contributed by atoms with Crippen LogP contribution in [0.1, 0.15) is 234 Å². The Hall–Kier alpha value is -0.680. The zero-order valence-electron chi connectivity index (χ0n) is 39.5. The molecule has 0 heterocycles. The van der Waals surface area contributed by atoms with Gasteiger partial charge in [0.1, 0.15) is 0 Å². The number of nitrogens with zero attached hydrogens (tertiary/aromatic N) is 2. The molecule has 0 radical (unpaired) electrons. The number of unbranched alkanes of at least 4 members (excludes halogenated alkanes) is 24. The van der Waals surface area contributed by atoms with Crippen molar-refractivity contribution in [3.8, 4) is 0 Å². The summed E-state index contributed by atoms with van der Waals surface area (Å²) < 4.78 is 12.2. The van der Waals surface area contributed by atoms with Crippen molar-refractivity contribution in [1.82, 2.24) is 9.80 Å².